The van der Waals surface area contributed by atoms with Crippen molar-refractivity contribution in [2.24, 2.45) is 0 Å². The van der Waals surface area contributed by atoms with Crippen molar-refractivity contribution in [1.82, 2.24) is 5.32 Å². The second kappa shape index (κ2) is 10.5. The van der Waals surface area contributed by atoms with Gasteiger partial charge in [-0.2, -0.15) is 0 Å². The molecule has 2 aliphatic rings. The van der Waals surface area contributed by atoms with Crippen LogP contribution in [0, 0.1) is 0 Å². The summed E-state index contributed by atoms with van der Waals surface area (Å²) in [4.78, 5) is 25.6. The lowest BCUT2D eigenvalue weighted by molar-refractivity contribution is -0.119. The number of fused-ring (bicyclic) bond motifs is 4. The Morgan fingerprint density at radius 3 is 2.50 bits per heavy atom. The minimum atomic E-state index is -0.363. The number of anilines is 1. The molecule has 5 rings (SSSR count). The molecule has 9 heteroatoms. The van der Waals surface area contributed by atoms with E-state index >= 15 is 0 Å². The van der Waals surface area contributed by atoms with Crippen LogP contribution in [-0.2, 0) is 17.8 Å². The average Bonchev–Trinajstić information content (AvgIpc) is 3.26. The zero-order valence-electron chi connectivity index (χ0n) is 21.8. The molecule has 1 atom stereocenters. The van der Waals surface area contributed by atoms with E-state index in [1.54, 1.807) is 33.5 Å². The van der Waals surface area contributed by atoms with Gasteiger partial charge in [0.1, 0.15) is 0 Å². The van der Waals surface area contributed by atoms with Crippen molar-refractivity contribution in [1.29, 1.82) is 0 Å². The van der Waals surface area contributed by atoms with Gasteiger partial charge in [0.15, 0.2) is 23.0 Å². The lowest BCUT2D eigenvalue weighted by atomic mass is 9.95. The first-order chi connectivity index (χ1) is 18.4. The molecule has 3 aromatic carbocycles. The van der Waals surface area contributed by atoms with Gasteiger partial charge in [-0.1, -0.05) is 12.1 Å². The summed E-state index contributed by atoms with van der Waals surface area (Å²) in [6, 6.07) is 12.5. The van der Waals surface area contributed by atoms with E-state index in [-0.39, 0.29) is 24.2 Å². The van der Waals surface area contributed by atoms with E-state index in [0.29, 0.717) is 59.4 Å². The molecule has 0 radical (unpaired) electrons. The summed E-state index contributed by atoms with van der Waals surface area (Å²) in [7, 11) is 4.72. The summed E-state index contributed by atoms with van der Waals surface area (Å²) in [5.41, 5.74) is 4.46. The standard InChI is InChI=1S/C29H30N2O7/c1-16(32)31-21-8-6-18-12-26(34-2)28(35-3)29(36-4)27(18)19-7-9-22(23(33)13-20(19)21)30-14-17-5-10-24-25(11-17)38-15-37-24/h5,7,9-13,21H,6,8,14-15H2,1-4H3,(H,30,33)(H,31,32)/t21-/m0/s1. The smallest absolute Gasteiger partial charge is 0.231 e. The Balaban J connectivity index is 1.61. The summed E-state index contributed by atoms with van der Waals surface area (Å²) in [5.74, 6) is 2.75. The molecule has 0 aromatic heterocycles. The van der Waals surface area contributed by atoms with Gasteiger partial charge in [-0.3, -0.25) is 9.59 Å². The number of methoxy groups -OCH3 is 3. The zero-order chi connectivity index (χ0) is 26.8. The summed E-state index contributed by atoms with van der Waals surface area (Å²) in [6.45, 7) is 2.10. The predicted octanol–water partition coefficient (Wildman–Crippen LogP) is 4.20. The molecule has 1 aliphatic carbocycles. The maximum Gasteiger partial charge on any atom is 0.231 e. The highest BCUT2D eigenvalue weighted by Gasteiger charge is 2.29. The number of benzene rings is 2. The highest BCUT2D eigenvalue weighted by atomic mass is 16.7. The van der Waals surface area contributed by atoms with Crippen LogP contribution in [0.5, 0.6) is 28.7 Å². The fourth-order valence-corrected chi connectivity index (χ4v) is 5.10. The molecule has 1 amide bonds. The monoisotopic (exact) mass is 518 g/mol. The third-order valence-electron chi connectivity index (χ3n) is 6.84. The van der Waals surface area contributed by atoms with Crippen LogP contribution in [0.15, 0.2) is 47.3 Å². The van der Waals surface area contributed by atoms with E-state index in [4.69, 9.17) is 23.7 Å². The molecule has 0 saturated heterocycles. The van der Waals surface area contributed by atoms with Gasteiger partial charge < -0.3 is 34.3 Å². The van der Waals surface area contributed by atoms with E-state index in [1.165, 1.54) is 6.92 Å². The molecule has 3 aromatic rings. The number of aryl methyl sites for hydroxylation is 1. The zero-order valence-corrected chi connectivity index (χ0v) is 21.8. The largest absolute Gasteiger partial charge is 0.493 e. The normalized spacial score (nSPS) is 15.0. The minimum Gasteiger partial charge on any atom is -0.493 e. The molecule has 0 saturated carbocycles. The van der Waals surface area contributed by atoms with Gasteiger partial charge in [-0.25, -0.2) is 0 Å². The number of rotatable bonds is 7. The number of hydrogen-bond donors (Lipinski definition) is 2. The van der Waals surface area contributed by atoms with Crippen molar-refractivity contribution in [2.45, 2.75) is 32.4 Å². The third-order valence-corrected chi connectivity index (χ3v) is 6.84. The van der Waals surface area contributed by atoms with Crippen LogP contribution in [0.1, 0.15) is 36.1 Å². The number of amides is 1. The molecule has 1 aliphatic heterocycles. The molecule has 0 spiro atoms. The van der Waals surface area contributed by atoms with Gasteiger partial charge in [0.25, 0.3) is 0 Å². The quantitative estimate of drug-likeness (QED) is 0.480. The molecule has 198 valence electrons. The molecular formula is C29H30N2O7. The number of carbonyl (C=O) groups is 1. The molecule has 0 fully saturated rings. The van der Waals surface area contributed by atoms with Crippen molar-refractivity contribution in [3.63, 3.8) is 0 Å². The van der Waals surface area contributed by atoms with Crippen molar-refractivity contribution >= 4 is 11.6 Å². The first-order valence-corrected chi connectivity index (χ1v) is 12.3. The summed E-state index contributed by atoms with van der Waals surface area (Å²) in [5, 5.41) is 6.28. The predicted molar refractivity (Wildman–Crippen MR) is 143 cm³/mol. The number of ether oxygens (including phenoxy) is 5. The van der Waals surface area contributed by atoms with E-state index in [0.717, 1.165) is 22.3 Å². The Hall–Kier alpha value is -4.40. The molecule has 38 heavy (non-hydrogen) atoms. The first-order valence-electron chi connectivity index (χ1n) is 12.3. The fourth-order valence-electron chi connectivity index (χ4n) is 5.10. The van der Waals surface area contributed by atoms with E-state index < -0.39 is 0 Å². The molecular weight excluding hydrogens is 488 g/mol. The number of carbonyl (C=O) groups excluding carboxylic acids is 1. The molecule has 0 unspecified atom stereocenters. The Bertz CT molecular complexity index is 1450. The molecule has 1 heterocycles. The van der Waals surface area contributed by atoms with Crippen LogP contribution in [0.3, 0.4) is 0 Å². The lowest BCUT2D eigenvalue weighted by Gasteiger charge is -2.19. The van der Waals surface area contributed by atoms with Gasteiger partial charge in [0, 0.05) is 19.0 Å². The Morgan fingerprint density at radius 2 is 1.76 bits per heavy atom. The van der Waals surface area contributed by atoms with Crippen molar-refractivity contribution in [2.75, 3.05) is 33.4 Å². The van der Waals surface area contributed by atoms with Crippen molar-refractivity contribution in [3.05, 3.63) is 69.4 Å². The van der Waals surface area contributed by atoms with E-state index in [9.17, 15) is 9.59 Å². The average molecular weight is 519 g/mol. The van der Waals surface area contributed by atoms with Gasteiger partial charge in [0.05, 0.1) is 33.1 Å². The van der Waals surface area contributed by atoms with Gasteiger partial charge in [-0.15, -0.1) is 0 Å². The molecule has 9 nitrogen and oxygen atoms in total. The summed E-state index contributed by atoms with van der Waals surface area (Å²) in [6.07, 6.45) is 1.24. The summed E-state index contributed by atoms with van der Waals surface area (Å²) < 4.78 is 27.9. The highest BCUT2D eigenvalue weighted by molar-refractivity contribution is 5.83. The van der Waals surface area contributed by atoms with Gasteiger partial charge in [-0.05, 0) is 65.4 Å². The van der Waals surface area contributed by atoms with E-state index in [1.807, 2.05) is 30.3 Å². The van der Waals surface area contributed by atoms with Crippen molar-refractivity contribution < 1.29 is 28.5 Å². The van der Waals surface area contributed by atoms with Crippen LogP contribution < -0.4 is 39.7 Å². The third kappa shape index (κ3) is 4.67. The second-order valence-corrected chi connectivity index (χ2v) is 9.14. The van der Waals surface area contributed by atoms with E-state index in [2.05, 4.69) is 10.6 Å². The first kappa shape index (κ1) is 25.3. The maximum absolute atomic E-state index is 13.4. The van der Waals surface area contributed by atoms with Crippen LogP contribution in [0.25, 0.3) is 11.1 Å². The highest BCUT2D eigenvalue weighted by Crippen LogP contribution is 2.50. The lowest BCUT2D eigenvalue weighted by Crippen LogP contribution is -2.26. The molecule has 2 N–H and O–H groups in total. The van der Waals surface area contributed by atoms with Crippen LogP contribution >= 0.6 is 0 Å². The van der Waals surface area contributed by atoms with Crippen LogP contribution in [0.4, 0.5) is 5.69 Å². The number of nitrogens with one attached hydrogen (secondary N) is 2. The van der Waals surface area contributed by atoms with Gasteiger partial charge >= 0.3 is 0 Å². The fraction of sp³-hybridized carbons (Fsp3) is 0.310. The van der Waals surface area contributed by atoms with Crippen LogP contribution in [0.2, 0.25) is 0 Å². The topological polar surface area (TPSA) is 104 Å². The Labute approximate surface area is 220 Å². The maximum atomic E-state index is 13.4. The Morgan fingerprint density at radius 1 is 0.974 bits per heavy atom. The Kier molecular flexibility index (Phi) is 7.00. The van der Waals surface area contributed by atoms with Gasteiger partial charge in [0.2, 0.25) is 23.9 Å². The van der Waals surface area contributed by atoms with Crippen molar-refractivity contribution in [3.8, 4) is 39.9 Å². The molecule has 0 bridgehead atoms. The number of hydrogen-bond acceptors (Lipinski definition) is 8. The van der Waals surface area contributed by atoms with Crippen LogP contribution in [-0.4, -0.2) is 34.0 Å². The summed E-state index contributed by atoms with van der Waals surface area (Å²) >= 11 is 0. The second-order valence-electron chi connectivity index (χ2n) is 9.14. The minimum absolute atomic E-state index is 0.172. The SMILES string of the molecule is COc1cc2c(c(OC)c1OC)-c1ccc(NCc3ccc4c(c3)OCO4)c(=O)cc1[C@@H](NC(C)=O)CC2.